The summed E-state index contributed by atoms with van der Waals surface area (Å²) in [4.78, 5) is 16.3. The van der Waals surface area contributed by atoms with Crippen molar-refractivity contribution in [3.05, 3.63) is 65.0 Å². The molecule has 1 aliphatic carbocycles. The number of carbonyl (C=O) groups is 1. The molecule has 2 aromatic rings. The predicted octanol–water partition coefficient (Wildman–Crippen LogP) is 3.62. The lowest BCUT2D eigenvalue weighted by molar-refractivity contribution is 0.0936. The minimum Gasteiger partial charge on any atom is -0.345 e. The third-order valence-electron chi connectivity index (χ3n) is 4.14. The highest BCUT2D eigenvalue weighted by atomic mass is 16.1. The van der Waals surface area contributed by atoms with Gasteiger partial charge in [-0.05, 0) is 47.6 Å². The highest BCUT2D eigenvalue weighted by molar-refractivity contribution is 5.94. The van der Waals surface area contributed by atoms with Crippen LogP contribution < -0.4 is 5.32 Å². The number of benzene rings is 1. The molecule has 0 fully saturated rings. The second-order valence-corrected chi connectivity index (χ2v) is 5.92. The number of hydrogen-bond donors (Lipinski definition) is 1. The Morgan fingerprint density at radius 1 is 1.33 bits per heavy atom. The van der Waals surface area contributed by atoms with Gasteiger partial charge in [0.2, 0.25) is 0 Å². The molecule has 0 saturated heterocycles. The first-order chi connectivity index (χ1) is 10.1. The van der Waals surface area contributed by atoms with E-state index in [1.807, 2.05) is 0 Å². The summed E-state index contributed by atoms with van der Waals surface area (Å²) in [5, 5.41) is 3.14. The van der Waals surface area contributed by atoms with Gasteiger partial charge < -0.3 is 5.32 Å². The quantitative estimate of drug-likeness (QED) is 0.933. The molecule has 1 N–H and O–H groups in total. The smallest absolute Gasteiger partial charge is 0.253 e. The Morgan fingerprint density at radius 3 is 2.90 bits per heavy atom. The maximum atomic E-state index is 12.3. The van der Waals surface area contributed by atoms with Crippen LogP contribution >= 0.6 is 0 Å². The number of pyridine rings is 1. The number of fused-ring (bicyclic) bond motifs is 1. The van der Waals surface area contributed by atoms with Crippen LogP contribution in [0.25, 0.3) is 0 Å². The van der Waals surface area contributed by atoms with Gasteiger partial charge in [0.05, 0.1) is 11.6 Å². The van der Waals surface area contributed by atoms with Crippen molar-refractivity contribution >= 4 is 5.91 Å². The molecule has 1 heterocycles. The fourth-order valence-corrected chi connectivity index (χ4v) is 2.87. The largest absolute Gasteiger partial charge is 0.345 e. The predicted molar refractivity (Wildman–Crippen MR) is 83.3 cm³/mol. The Balaban J connectivity index is 1.81. The Labute approximate surface area is 125 Å². The first-order valence-corrected chi connectivity index (χ1v) is 7.49. The third-order valence-corrected chi connectivity index (χ3v) is 4.14. The van der Waals surface area contributed by atoms with Gasteiger partial charge >= 0.3 is 0 Å². The molecule has 1 aromatic heterocycles. The van der Waals surface area contributed by atoms with Crippen LogP contribution in [-0.2, 0) is 6.42 Å². The molecule has 0 bridgehead atoms. The van der Waals surface area contributed by atoms with Gasteiger partial charge in [0, 0.05) is 12.4 Å². The zero-order chi connectivity index (χ0) is 14.8. The Kier molecular flexibility index (Phi) is 3.74. The lowest BCUT2D eigenvalue weighted by atomic mass is 9.97. The summed E-state index contributed by atoms with van der Waals surface area (Å²) in [6, 6.07) is 10.4. The summed E-state index contributed by atoms with van der Waals surface area (Å²) >= 11 is 0. The van der Waals surface area contributed by atoms with Gasteiger partial charge in [0.25, 0.3) is 5.91 Å². The molecule has 1 atom stereocenters. The second-order valence-electron chi connectivity index (χ2n) is 5.92. The number of nitrogens with one attached hydrogen (secondary N) is 1. The lowest BCUT2D eigenvalue weighted by Crippen LogP contribution is -2.27. The van der Waals surface area contributed by atoms with Crippen molar-refractivity contribution in [1.82, 2.24) is 10.3 Å². The van der Waals surface area contributed by atoms with Gasteiger partial charge in [0.1, 0.15) is 0 Å². The molecule has 3 rings (SSSR count). The van der Waals surface area contributed by atoms with Crippen molar-refractivity contribution in [2.24, 2.45) is 0 Å². The van der Waals surface area contributed by atoms with Crippen molar-refractivity contribution < 1.29 is 4.79 Å². The SMILES string of the molecule is CC(C)c1ccc2c(c1)C(NC(=O)c1cccnc1)CC2. The molecule has 21 heavy (non-hydrogen) atoms. The molecular formula is C18H20N2O. The Morgan fingerprint density at radius 2 is 2.19 bits per heavy atom. The maximum Gasteiger partial charge on any atom is 0.253 e. The molecule has 0 saturated carbocycles. The van der Waals surface area contributed by atoms with Crippen LogP contribution in [0.2, 0.25) is 0 Å². The van der Waals surface area contributed by atoms with E-state index < -0.39 is 0 Å². The molecule has 1 unspecified atom stereocenters. The van der Waals surface area contributed by atoms with Gasteiger partial charge in [-0.2, -0.15) is 0 Å². The van der Waals surface area contributed by atoms with E-state index in [2.05, 4.69) is 42.3 Å². The fourth-order valence-electron chi connectivity index (χ4n) is 2.87. The Hall–Kier alpha value is -2.16. The van der Waals surface area contributed by atoms with Crippen LogP contribution in [0.4, 0.5) is 0 Å². The average molecular weight is 280 g/mol. The average Bonchev–Trinajstić information content (AvgIpc) is 2.90. The van der Waals surface area contributed by atoms with E-state index in [1.54, 1.807) is 24.5 Å². The molecule has 0 aliphatic heterocycles. The number of rotatable bonds is 3. The van der Waals surface area contributed by atoms with Crippen LogP contribution in [-0.4, -0.2) is 10.9 Å². The minimum atomic E-state index is -0.0455. The van der Waals surface area contributed by atoms with E-state index in [4.69, 9.17) is 0 Å². The number of hydrogen-bond acceptors (Lipinski definition) is 2. The van der Waals surface area contributed by atoms with Gasteiger partial charge in [-0.15, -0.1) is 0 Å². The first-order valence-electron chi connectivity index (χ1n) is 7.49. The molecule has 0 spiro atoms. The fraction of sp³-hybridized carbons (Fsp3) is 0.333. The molecule has 0 radical (unpaired) electrons. The molecule has 1 aliphatic rings. The molecular weight excluding hydrogens is 260 g/mol. The zero-order valence-corrected chi connectivity index (χ0v) is 12.5. The highest BCUT2D eigenvalue weighted by Gasteiger charge is 2.24. The number of aromatic nitrogens is 1. The van der Waals surface area contributed by atoms with E-state index >= 15 is 0 Å². The van der Waals surface area contributed by atoms with Crippen molar-refractivity contribution in [2.45, 2.75) is 38.6 Å². The Bertz CT molecular complexity index is 650. The normalized spacial score (nSPS) is 16.8. The number of amides is 1. The van der Waals surface area contributed by atoms with E-state index in [0.717, 1.165) is 12.8 Å². The van der Waals surface area contributed by atoms with Crippen molar-refractivity contribution in [3.63, 3.8) is 0 Å². The van der Waals surface area contributed by atoms with E-state index in [9.17, 15) is 4.79 Å². The topological polar surface area (TPSA) is 42.0 Å². The lowest BCUT2D eigenvalue weighted by Gasteiger charge is -2.16. The molecule has 108 valence electrons. The first kappa shape index (κ1) is 13.8. The summed E-state index contributed by atoms with van der Waals surface area (Å²) in [5.41, 5.74) is 4.58. The van der Waals surface area contributed by atoms with Crippen LogP contribution in [0.5, 0.6) is 0 Å². The summed E-state index contributed by atoms with van der Waals surface area (Å²) in [6.07, 6.45) is 5.29. The summed E-state index contributed by atoms with van der Waals surface area (Å²) in [5.74, 6) is 0.460. The van der Waals surface area contributed by atoms with E-state index in [1.165, 1.54) is 16.7 Å². The number of carbonyl (C=O) groups excluding carboxylic acids is 1. The number of aryl methyl sites for hydroxylation is 1. The zero-order valence-electron chi connectivity index (χ0n) is 12.5. The standard InChI is InChI=1S/C18H20N2O/c1-12(2)14-6-5-13-7-8-17(16(13)10-14)20-18(21)15-4-3-9-19-11-15/h3-6,9-12,17H,7-8H2,1-2H3,(H,20,21). The van der Waals surface area contributed by atoms with Crippen LogP contribution in [0.1, 0.15) is 59.3 Å². The van der Waals surface area contributed by atoms with E-state index in [0.29, 0.717) is 11.5 Å². The van der Waals surface area contributed by atoms with E-state index in [-0.39, 0.29) is 11.9 Å². The molecule has 3 nitrogen and oxygen atoms in total. The van der Waals surface area contributed by atoms with Gasteiger partial charge in [0.15, 0.2) is 0 Å². The summed E-state index contributed by atoms with van der Waals surface area (Å²) in [7, 11) is 0. The van der Waals surface area contributed by atoms with Crippen LogP contribution in [0.15, 0.2) is 42.7 Å². The van der Waals surface area contributed by atoms with Crippen molar-refractivity contribution in [3.8, 4) is 0 Å². The second kappa shape index (κ2) is 5.68. The van der Waals surface area contributed by atoms with Crippen molar-refractivity contribution in [2.75, 3.05) is 0 Å². The summed E-state index contributed by atoms with van der Waals surface area (Å²) < 4.78 is 0. The van der Waals surface area contributed by atoms with Crippen LogP contribution in [0.3, 0.4) is 0 Å². The monoisotopic (exact) mass is 280 g/mol. The maximum absolute atomic E-state index is 12.3. The minimum absolute atomic E-state index is 0.0455. The van der Waals surface area contributed by atoms with Gasteiger partial charge in [-0.25, -0.2) is 0 Å². The highest BCUT2D eigenvalue weighted by Crippen LogP contribution is 2.33. The van der Waals surface area contributed by atoms with Crippen LogP contribution in [0, 0.1) is 0 Å². The molecule has 3 heteroatoms. The van der Waals surface area contributed by atoms with Gasteiger partial charge in [-0.1, -0.05) is 32.0 Å². The number of nitrogens with zero attached hydrogens (tertiary/aromatic N) is 1. The van der Waals surface area contributed by atoms with Gasteiger partial charge in [-0.3, -0.25) is 9.78 Å². The molecule has 1 amide bonds. The molecule has 1 aromatic carbocycles. The summed E-state index contributed by atoms with van der Waals surface area (Å²) in [6.45, 7) is 4.39. The third kappa shape index (κ3) is 2.82. The van der Waals surface area contributed by atoms with Crippen molar-refractivity contribution in [1.29, 1.82) is 0 Å².